The third kappa shape index (κ3) is 5.24. The van der Waals surface area contributed by atoms with E-state index in [2.05, 4.69) is 20.2 Å². The minimum Gasteiger partial charge on any atom is -0.490 e. The summed E-state index contributed by atoms with van der Waals surface area (Å²) in [5.74, 6) is 0.580. The summed E-state index contributed by atoms with van der Waals surface area (Å²) in [6.07, 6.45) is 0.729. The van der Waals surface area contributed by atoms with Crippen LogP contribution in [-0.2, 0) is 9.53 Å². The van der Waals surface area contributed by atoms with E-state index in [4.69, 9.17) is 26.8 Å². The van der Waals surface area contributed by atoms with Crippen LogP contribution < -0.4 is 20.6 Å². The Labute approximate surface area is 159 Å². The number of anilines is 2. The number of hydrogen-bond donors (Lipinski definition) is 2. The van der Waals surface area contributed by atoms with Gasteiger partial charge >= 0.3 is 5.97 Å². The summed E-state index contributed by atoms with van der Waals surface area (Å²) >= 11 is 7.63. The van der Waals surface area contributed by atoms with Crippen LogP contribution in [0.25, 0.3) is 0 Å². The Bertz CT molecular complexity index is 797. The second-order valence-electron chi connectivity index (χ2n) is 4.99. The van der Waals surface area contributed by atoms with E-state index in [1.807, 2.05) is 6.92 Å². The second-order valence-corrected chi connectivity index (χ2v) is 6.26. The van der Waals surface area contributed by atoms with Gasteiger partial charge in [0.25, 0.3) is 0 Å². The number of nitrogens with two attached hydrogens (primary N) is 1. The van der Waals surface area contributed by atoms with Crippen molar-refractivity contribution in [1.82, 2.24) is 4.98 Å². The zero-order chi connectivity index (χ0) is 19.1. The number of carbonyl (C=O) groups excluding carboxylic acids is 1. The molecule has 1 atom stereocenters. The lowest BCUT2D eigenvalue weighted by atomic mass is 10.2. The zero-order valence-electron chi connectivity index (χ0n) is 14.5. The monoisotopic (exact) mass is 398 g/mol. The fourth-order valence-electron chi connectivity index (χ4n) is 1.93. The maximum absolute atomic E-state index is 11.6. The van der Waals surface area contributed by atoms with Gasteiger partial charge in [-0.25, -0.2) is 9.78 Å². The Balaban J connectivity index is 2.19. The van der Waals surface area contributed by atoms with E-state index in [9.17, 15) is 4.79 Å². The van der Waals surface area contributed by atoms with Crippen molar-refractivity contribution in [2.75, 3.05) is 24.9 Å². The number of methoxy groups -OCH3 is 1. The molecule has 0 spiro atoms. The van der Waals surface area contributed by atoms with Gasteiger partial charge in [-0.2, -0.15) is 5.10 Å². The van der Waals surface area contributed by atoms with Crippen molar-refractivity contribution in [2.24, 2.45) is 5.10 Å². The first kappa shape index (κ1) is 19.8. The van der Waals surface area contributed by atoms with Gasteiger partial charge in [-0.1, -0.05) is 11.6 Å². The van der Waals surface area contributed by atoms with Gasteiger partial charge in [-0.15, -0.1) is 11.3 Å². The summed E-state index contributed by atoms with van der Waals surface area (Å²) in [5, 5.41) is 6.65. The van der Waals surface area contributed by atoms with E-state index in [0.29, 0.717) is 28.9 Å². The first-order valence-corrected chi connectivity index (χ1v) is 8.91. The summed E-state index contributed by atoms with van der Waals surface area (Å²) in [5.41, 5.74) is 9.00. The smallest absolute Gasteiger partial charge is 0.346 e. The summed E-state index contributed by atoms with van der Waals surface area (Å²) in [4.78, 5) is 15.6. The molecule has 8 nitrogen and oxygen atoms in total. The highest BCUT2D eigenvalue weighted by molar-refractivity contribution is 7.14. The average molecular weight is 399 g/mol. The molecule has 0 saturated carbocycles. The van der Waals surface area contributed by atoms with Crippen molar-refractivity contribution >= 4 is 46.1 Å². The molecule has 0 bridgehead atoms. The molecule has 1 aromatic heterocycles. The predicted octanol–water partition coefficient (Wildman–Crippen LogP) is 3.16. The number of nitrogens with one attached hydrogen (secondary N) is 1. The van der Waals surface area contributed by atoms with Gasteiger partial charge in [-0.3, -0.25) is 5.43 Å². The number of aromatic nitrogens is 1. The number of rotatable bonds is 8. The van der Waals surface area contributed by atoms with Gasteiger partial charge in [0, 0.05) is 5.38 Å². The number of nitrogens with zero attached hydrogens (tertiary/aromatic N) is 2. The number of hydrogen-bond acceptors (Lipinski definition) is 9. The normalized spacial score (nSPS) is 12.0. The Hall–Kier alpha value is -2.52. The quantitative estimate of drug-likeness (QED) is 0.399. The molecule has 1 unspecified atom stereocenters. The van der Waals surface area contributed by atoms with Crippen LogP contribution in [0.1, 0.15) is 19.4 Å². The van der Waals surface area contributed by atoms with Crippen LogP contribution >= 0.6 is 22.9 Å². The van der Waals surface area contributed by atoms with Gasteiger partial charge in [0.15, 0.2) is 17.6 Å². The minimum absolute atomic E-state index is 0.268. The number of benzene rings is 1. The van der Waals surface area contributed by atoms with Crippen molar-refractivity contribution in [3.05, 3.63) is 28.1 Å². The zero-order valence-corrected chi connectivity index (χ0v) is 16.1. The maximum atomic E-state index is 11.6. The van der Waals surface area contributed by atoms with Crippen molar-refractivity contribution in [2.45, 2.75) is 20.0 Å². The molecule has 0 amide bonds. The van der Waals surface area contributed by atoms with Crippen molar-refractivity contribution in [3.8, 4) is 11.5 Å². The molecular formula is C16H19ClN4O4S. The van der Waals surface area contributed by atoms with Crippen molar-refractivity contribution < 1.29 is 19.0 Å². The fourth-order valence-corrected chi connectivity index (χ4v) is 2.74. The minimum atomic E-state index is -0.826. The van der Waals surface area contributed by atoms with Crippen LogP contribution in [-0.4, -0.2) is 37.0 Å². The molecule has 140 valence electrons. The van der Waals surface area contributed by atoms with Crippen molar-refractivity contribution in [1.29, 1.82) is 0 Å². The number of thiazole rings is 1. The van der Waals surface area contributed by atoms with Crippen LogP contribution in [0.5, 0.6) is 11.5 Å². The van der Waals surface area contributed by atoms with Crippen LogP contribution in [0.2, 0.25) is 5.02 Å². The summed E-state index contributed by atoms with van der Waals surface area (Å²) in [6.45, 7) is 3.80. The molecule has 1 heterocycles. The van der Waals surface area contributed by atoms with Crippen molar-refractivity contribution in [3.63, 3.8) is 0 Å². The lowest BCUT2D eigenvalue weighted by molar-refractivity contribution is -0.147. The van der Waals surface area contributed by atoms with E-state index < -0.39 is 12.1 Å². The number of ether oxygens (including phenoxy) is 3. The van der Waals surface area contributed by atoms with E-state index >= 15 is 0 Å². The largest absolute Gasteiger partial charge is 0.490 e. The molecule has 0 aliphatic heterocycles. The van der Waals surface area contributed by atoms with Gasteiger partial charge < -0.3 is 19.9 Å². The Morgan fingerprint density at radius 2 is 2.31 bits per heavy atom. The molecule has 0 aliphatic rings. The number of carbonyl (C=O) groups is 1. The Morgan fingerprint density at radius 3 is 2.92 bits per heavy atom. The second kappa shape index (κ2) is 9.25. The van der Waals surface area contributed by atoms with Gasteiger partial charge in [0.2, 0.25) is 5.13 Å². The third-order valence-electron chi connectivity index (χ3n) is 3.06. The molecule has 10 heteroatoms. The van der Waals surface area contributed by atoms with Crippen LogP contribution in [0.4, 0.5) is 10.9 Å². The first-order valence-electron chi connectivity index (χ1n) is 7.65. The Morgan fingerprint density at radius 1 is 1.54 bits per heavy atom. The SMILES string of the molecule is CCOc1cc(C=NNc2nc(N)cs2)cc(Cl)c1OC(C)C(=O)OC. The maximum Gasteiger partial charge on any atom is 0.346 e. The molecule has 0 fully saturated rings. The topological polar surface area (TPSA) is 108 Å². The van der Waals surface area contributed by atoms with E-state index in [1.54, 1.807) is 30.7 Å². The number of nitrogen functional groups attached to an aromatic ring is 1. The van der Waals surface area contributed by atoms with Crippen LogP contribution in [0.15, 0.2) is 22.6 Å². The van der Waals surface area contributed by atoms with E-state index in [0.717, 1.165) is 0 Å². The van der Waals surface area contributed by atoms with Crippen LogP contribution in [0.3, 0.4) is 0 Å². The summed E-state index contributed by atoms with van der Waals surface area (Å²) in [7, 11) is 1.29. The lowest BCUT2D eigenvalue weighted by Crippen LogP contribution is -2.25. The first-order chi connectivity index (χ1) is 12.4. The molecule has 2 aromatic rings. The van der Waals surface area contributed by atoms with Gasteiger partial charge in [-0.05, 0) is 31.5 Å². The van der Waals surface area contributed by atoms with E-state index in [-0.39, 0.29) is 10.8 Å². The Kier molecular flexibility index (Phi) is 7.05. The summed E-state index contributed by atoms with van der Waals surface area (Å²) < 4.78 is 15.8. The van der Waals surface area contributed by atoms with Crippen LogP contribution in [0, 0.1) is 0 Å². The third-order valence-corrected chi connectivity index (χ3v) is 4.10. The van der Waals surface area contributed by atoms with Gasteiger partial charge in [0.05, 0.1) is 25.0 Å². The highest BCUT2D eigenvalue weighted by Crippen LogP contribution is 2.37. The molecule has 0 radical (unpaired) electrons. The predicted molar refractivity (Wildman–Crippen MR) is 102 cm³/mol. The molecule has 26 heavy (non-hydrogen) atoms. The van der Waals surface area contributed by atoms with E-state index in [1.165, 1.54) is 18.4 Å². The molecule has 0 aliphatic carbocycles. The highest BCUT2D eigenvalue weighted by Gasteiger charge is 2.20. The number of halogens is 1. The fraction of sp³-hybridized carbons (Fsp3) is 0.312. The average Bonchev–Trinajstić information content (AvgIpc) is 3.02. The molecule has 1 aromatic carbocycles. The number of hydrazone groups is 1. The molecule has 2 rings (SSSR count). The molecular weight excluding hydrogens is 380 g/mol. The molecule has 0 saturated heterocycles. The summed E-state index contributed by atoms with van der Waals surface area (Å²) in [6, 6.07) is 3.35. The number of esters is 1. The molecule has 3 N–H and O–H groups in total. The standard InChI is InChI=1S/C16H19ClN4O4S/c1-4-24-12-6-10(7-19-21-16-20-13(18)8-26-16)5-11(17)14(12)25-9(2)15(22)23-3/h5-9H,4,18H2,1-3H3,(H,20,21). The lowest BCUT2D eigenvalue weighted by Gasteiger charge is -2.17. The van der Waals surface area contributed by atoms with Gasteiger partial charge in [0.1, 0.15) is 5.82 Å². The highest BCUT2D eigenvalue weighted by atomic mass is 35.5.